The van der Waals surface area contributed by atoms with E-state index in [2.05, 4.69) is 4.74 Å². The number of nitrogens with one attached hydrogen (secondary N) is 1. The molecule has 0 heterocycles. The molecular formula is C4H8AcNO3P. The number of esters is 1. The van der Waals surface area contributed by atoms with Crippen molar-refractivity contribution in [1.82, 2.24) is 0 Å². The van der Waals surface area contributed by atoms with Crippen molar-refractivity contribution in [3.63, 3.8) is 0 Å². The molecule has 1 N–H and O–H groups in total. The molecule has 0 aromatic heterocycles. The smallest absolute Gasteiger partial charge is 0.336 e. The fraction of sp³-hybridized carbons (Fsp3) is 0.750. The fourth-order valence-corrected chi connectivity index (χ4v) is 0.662. The number of methoxy groups -OCH3 is 1. The molecule has 0 rings (SSSR count). The quantitative estimate of drug-likeness (QED) is 0.534. The van der Waals surface area contributed by atoms with Crippen LogP contribution < -0.4 is 0 Å². The number of carbonyl (C=O) groups is 1. The predicted octanol–water partition coefficient (Wildman–Crippen LogP) is 0.995. The number of hydrogen-bond donors (Lipinski definition) is 0. The average Bonchev–Trinajstić information content (AvgIpc) is 1.84. The number of ether oxygens (including phenoxy) is 1. The summed E-state index contributed by atoms with van der Waals surface area (Å²) in [5.74, 6) is -1.95. The van der Waals surface area contributed by atoms with Gasteiger partial charge in [0.05, 0.1) is 7.11 Å². The Kier molecular flexibility index (Phi) is 9.04. The number of rotatable bonds is 2. The normalized spacial score (nSPS) is 12.9. The molecule has 0 aliphatic rings. The zero-order valence-electron chi connectivity index (χ0n) is 5.83. The standard InChI is InChI=1S/C4H8NO3P.Ac/c1-8-4(6)3(5)9(2)7;/h3,5H,1-2H3;. The van der Waals surface area contributed by atoms with Crippen LogP contribution in [0, 0.1) is 44.1 Å². The van der Waals surface area contributed by atoms with Gasteiger partial charge < -0.3 is 10.5 Å². The molecule has 0 saturated carbocycles. The Morgan fingerprint density at radius 1 is 1.70 bits per heavy atom. The van der Waals surface area contributed by atoms with Crippen LogP contribution in [0.1, 0.15) is 0 Å². The van der Waals surface area contributed by atoms with Crippen molar-refractivity contribution in [3.8, 4) is 0 Å². The van der Waals surface area contributed by atoms with Gasteiger partial charge in [-0.2, -0.15) is 0 Å². The van der Waals surface area contributed by atoms with Crippen LogP contribution in [-0.4, -0.2) is 25.5 Å². The van der Waals surface area contributed by atoms with Gasteiger partial charge in [-0.3, -0.25) is 0 Å². The van der Waals surface area contributed by atoms with E-state index in [-0.39, 0.29) is 44.1 Å². The summed E-state index contributed by atoms with van der Waals surface area (Å²) in [6.07, 6.45) is 0. The number of hydrogen-bond acceptors (Lipinski definition) is 3. The molecule has 1 radical (unpaired) electrons. The Balaban J connectivity index is 0. The first kappa shape index (κ1) is 13.6. The Morgan fingerprint density at radius 2 is 2.10 bits per heavy atom. The maximum atomic E-state index is 10.4. The first-order chi connectivity index (χ1) is 4.09. The van der Waals surface area contributed by atoms with Gasteiger partial charge in [0.2, 0.25) is 0 Å². The van der Waals surface area contributed by atoms with Crippen LogP contribution in [0.3, 0.4) is 0 Å². The largest absolute Gasteiger partial charge is 0.622 e. The van der Waals surface area contributed by atoms with E-state index in [0.717, 1.165) is 0 Å². The van der Waals surface area contributed by atoms with Crippen molar-refractivity contribution in [2.24, 2.45) is 0 Å². The molecule has 10 heavy (non-hydrogen) atoms. The molecule has 4 nitrogen and oxygen atoms in total. The minimum Gasteiger partial charge on any atom is -0.622 e. The fourth-order valence-electron chi connectivity index (χ4n) is 0.260. The van der Waals surface area contributed by atoms with E-state index in [0.29, 0.717) is 0 Å². The van der Waals surface area contributed by atoms with E-state index in [1.807, 2.05) is 0 Å². The third-order valence-corrected chi connectivity index (χ3v) is 1.73. The van der Waals surface area contributed by atoms with Gasteiger partial charge in [-0.25, -0.2) is 4.79 Å². The Labute approximate surface area is 96.2 Å². The molecule has 0 fully saturated rings. The summed E-state index contributed by atoms with van der Waals surface area (Å²) in [4.78, 5) is 10.4. The summed E-state index contributed by atoms with van der Waals surface area (Å²) in [5, 5.41) is 0. The van der Waals surface area contributed by atoms with Crippen LogP contribution in [0.15, 0.2) is 0 Å². The number of carbonyl (C=O) groups excluding carboxylic acids is 1. The van der Waals surface area contributed by atoms with Crippen LogP contribution in [0.5, 0.6) is 0 Å². The van der Waals surface area contributed by atoms with Gasteiger partial charge in [0.25, 0.3) is 0 Å². The van der Waals surface area contributed by atoms with Gasteiger partial charge in [0, 0.05) is 44.1 Å². The SMILES string of the molecule is COC(=O)C([NH-])[P+](C)=O.[Ac]. The topological polar surface area (TPSA) is 67.2 Å². The van der Waals surface area contributed by atoms with Crippen molar-refractivity contribution in [2.45, 2.75) is 5.78 Å². The van der Waals surface area contributed by atoms with Crippen molar-refractivity contribution < 1.29 is 58.2 Å². The van der Waals surface area contributed by atoms with Crippen LogP contribution in [0.25, 0.3) is 5.73 Å². The second-order valence-corrected chi connectivity index (χ2v) is 3.08. The van der Waals surface area contributed by atoms with E-state index in [4.69, 9.17) is 5.73 Å². The van der Waals surface area contributed by atoms with Gasteiger partial charge in [0.1, 0.15) is 6.66 Å². The molecule has 0 aromatic carbocycles. The Hall–Kier alpha value is 0.972. The van der Waals surface area contributed by atoms with Crippen molar-refractivity contribution >= 4 is 13.8 Å². The molecule has 6 heteroatoms. The third-order valence-electron chi connectivity index (χ3n) is 0.788. The summed E-state index contributed by atoms with van der Waals surface area (Å²) >= 11 is 0. The summed E-state index contributed by atoms with van der Waals surface area (Å²) in [6.45, 7) is 1.32. The first-order valence-corrected chi connectivity index (χ1v) is 4.06. The van der Waals surface area contributed by atoms with Crippen LogP contribution in [-0.2, 0) is 14.1 Å². The molecule has 0 aliphatic carbocycles. The molecule has 2 atom stereocenters. The third kappa shape index (κ3) is 4.74. The second-order valence-electron chi connectivity index (χ2n) is 1.47. The molecule has 0 aromatic rings. The van der Waals surface area contributed by atoms with Gasteiger partial charge in [-0.15, -0.1) is 0 Å². The van der Waals surface area contributed by atoms with Crippen molar-refractivity contribution in [2.75, 3.05) is 13.8 Å². The minimum absolute atomic E-state index is 0. The van der Waals surface area contributed by atoms with Gasteiger partial charge >= 0.3 is 13.8 Å². The minimum atomic E-state index is -1.76. The van der Waals surface area contributed by atoms with Crippen molar-refractivity contribution in [1.29, 1.82) is 0 Å². The summed E-state index contributed by atoms with van der Waals surface area (Å²) in [5.41, 5.74) is 6.87. The van der Waals surface area contributed by atoms with Gasteiger partial charge in [-0.05, 0) is 0 Å². The summed E-state index contributed by atoms with van der Waals surface area (Å²) in [7, 11) is -0.595. The van der Waals surface area contributed by atoms with E-state index in [1.54, 1.807) is 0 Å². The van der Waals surface area contributed by atoms with Crippen LogP contribution in [0.4, 0.5) is 0 Å². The first-order valence-electron chi connectivity index (χ1n) is 2.28. The summed E-state index contributed by atoms with van der Waals surface area (Å²) in [6, 6.07) is 0. The van der Waals surface area contributed by atoms with Crippen LogP contribution >= 0.6 is 7.80 Å². The zero-order valence-corrected chi connectivity index (χ0v) is 11.5. The molecule has 0 amide bonds. The molecular weight excluding hydrogens is 368 g/mol. The van der Waals surface area contributed by atoms with Gasteiger partial charge in [-0.1, -0.05) is 4.57 Å². The zero-order chi connectivity index (χ0) is 7.44. The maximum absolute atomic E-state index is 10.4. The summed E-state index contributed by atoms with van der Waals surface area (Å²) < 4.78 is 14.6. The Morgan fingerprint density at radius 3 is 2.20 bits per heavy atom. The molecule has 2 unspecified atom stereocenters. The average molecular weight is 376 g/mol. The molecule has 0 saturated heterocycles. The van der Waals surface area contributed by atoms with Gasteiger partial charge in [0.15, 0.2) is 5.78 Å². The van der Waals surface area contributed by atoms with E-state index >= 15 is 0 Å². The molecule has 0 bridgehead atoms. The molecule has 55 valence electrons. The molecule has 0 spiro atoms. The maximum Gasteiger partial charge on any atom is 0.336 e. The van der Waals surface area contributed by atoms with Crippen molar-refractivity contribution in [3.05, 3.63) is 5.73 Å². The predicted molar refractivity (Wildman–Crippen MR) is 33.7 cm³/mol. The second kappa shape index (κ2) is 6.67. The van der Waals surface area contributed by atoms with E-state index in [9.17, 15) is 9.36 Å². The molecule has 0 aliphatic heterocycles. The van der Waals surface area contributed by atoms with E-state index < -0.39 is 19.6 Å². The van der Waals surface area contributed by atoms with Crippen LogP contribution in [0.2, 0.25) is 0 Å². The monoisotopic (exact) mass is 376 g/mol. The van der Waals surface area contributed by atoms with E-state index in [1.165, 1.54) is 13.8 Å². The Bertz CT molecular complexity index is 140.